The van der Waals surface area contributed by atoms with E-state index in [2.05, 4.69) is 26.0 Å². The summed E-state index contributed by atoms with van der Waals surface area (Å²) >= 11 is 0. The number of aliphatic hydroxyl groups excluding tert-OH is 4. The molecule has 0 aliphatic heterocycles. The van der Waals surface area contributed by atoms with Crippen LogP contribution in [0, 0.1) is 0 Å². The summed E-state index contributed by atoms with van der Waals surface area (Å²) < 4.78 is 0. The zero-order chi connectivity index (χ0) is 36.1. The summed E-state index contributed by atoms with van der Waals surface area (Å²) in [6, 6.07) is 0. The Morgan fingerprint density at radius 3 is 1.10 bits per heavy atom. The number of carboxylic acid groups (broad SMARTS) is 2. The number of carbonyl (C=O) groups is 2. The summed E-state index contributed by atoms with van der Waals surface area (Å²) in [6.45, 7) is 4.36. The van der Waals surface area contributed by atoms with Crippen LogP contribution >= 0.6 is 0 Å². The summed E-state index contributed by atoms with van der Waals surface area (Å²) in [4.78, 5) is 20.7. The summed E-state index contributed by atoms with van der Waals surface area (Å²) in [5, 5.41) is 55.7. The maximum atomic E-state index is 10.3. The van der Waals surface area contributed by atoms with Crippen LogP contribution in [0.15, 0.2) is 97.2 Å². The Balaban J connectivity index is 0. The van der Waals surface area contributed by atoms with Gasteiger partial charge in [0.25, 0.3) is 0 Å². The first-order chi connectivity index (χ1) is 23.1. The highest BCUT2D eigenvalue weighted by Crippen LogP contribution is 2.05. The molecule has 0 bridgehead atoms. The monoisotopic (exact) mass is 672 g/mol. The summed E-state index contributed by atoms with van der Waals surface area (Å²) in [7, 11) is 0. The van der Waals surface area contributed by atoms with Crippen LogP contribution in [0.5, 0.6) is 0 Å². The predicted molar refractivity (Wildman–Crippen MR) is 198 cm³/mol. The van der Waals surface area contributed by atoms with Crippen molar-refractivity contribution >= 4 is 11.9 Å². The Hall–Kier alpha value is -3.30. The second-order valence-electron chi connectivity index (χ2n) is 11.6. The molecule has 0 aromatic rings. The first-order valence-electron chi connectivity index (χ1n) is 17.6. The molecule has 6 N–H and O–H groups in total. The van der Waals surface area contributed by atoms with Crippen molar-refractivity contribution in [2.75, 3.05) is 0 Å². The summed E-state index contributed by atoms with van der Waals surface area (Å²) in [6.07, 6.45) is 39.6. The van der Waals surface area contributed by atoms with Crippen LogP contribution in [0.1, 0.15) is 117 Å². The highest BCUT2D eigenvalue weighted by Gasteiger charge is 2.02. The first kappa shape index (κ1) is 46.8. The molecule has 0 aliphatic carbocycles. The van der Waals surface area contributed by atoms with E-state index in [4.69, 9.17) is 10.2 Å². The molecule has 0 unspecified atom stereocenters. The molecule has 0 spiro atoms. The molecule has 0 amide bonds. The van der Waals surface area contributed by atoms with Crippen LogP contribution in [-0.4, -0.2) is 67.0 Å². The van der Waals surface area contributed by atoms with Crippen molar-refractivity contribution in [3.8, 4) is 0 Å². The van der Waals surface area contributed by atoms with Gasteiger partial charge in [0.1, 0.15) is 0 Å². The first-order valence-corrected chi connectivity index (χ1v) is 17.6. The van der Waals surface area contributed by atoms with Crippen LogP contribution in [0.25, 0.3) is 0 Å². The molecule has 0 saturated heterocycles. The van der Waals surface area contributed by atoms with Gasteiger partial charge in [-0.2, -0.15) is 0 Å². The van der Waals surface area contributed by atoms with E-state index in [0.29, 0.717) is 38.5 Å². The molecular formula is C40H64O8. The minimum Gasteiger partial charge on any atom is -0.481 e. The number of aliphatic carboxylic acids is 2. The van der Waals surface area contributed by atoms with Crippen LogP contribution in [0.4, 0.5) is 0 Å². The Bertz CT molecular complexity index is 923. The second-order valence-corrected chi connectivity index (χ2v) is 11.6. The maximum Gasteiger partial charge on any atom is 0.303 e. The fourth-order valence-corrected chi connectivity index (χ4v) is 4.03. The van der Waals surface area contributed by atoms with E-state index in [-0.39, 0.29) is 12.8 Å². The van der Waals surface area contributed by atoms with Crippen molar-refractivity contribution in [3.05, 3.63) is 97.2 Å². The largest absolute Gasteiger partial charge is 0.481 e. The molecule has 0 radical (unpaired) electrons. The molecular weight excluding hydrogens is 608 g/mol. The number of hydrogen-bond donors (Lipinski definition) is 6. The minimum absolute atomic E-state index is 0.0778. The van der Waals surface area contributed by atoms with E-state index in [1.54, 1.807) is 72.9 Å². The van der Waals surface area contributed by atoms with Gasteiger partial charge in [0.15, 0.2) is 0 Å². The Morgan fingerprint density at radius 1 is 0.458 bits per heavy atom. The lowest BCUT2D eigenvalue weighted by molar-refractivity contribution is -0.138. The lowest BCUT2D eigenvalue weighted by Crippen LogP contribution is -2.03. The van der Waals surface area contributed by atoms with E-state index >= 15 is 0 Å². The Labute approximate surface area is 290 Å². The molecule has 48 heavy (non-hydrogen) atoms. The van der Waals surface area contributed by atoms with Gasteiger partial charge >= 0.3 is 11.9 Å². The number of aliphatic hydroxyl groups is 4. The van der Waals surface area contributed by atoms with Crippen molar-refractivity contribution in [2.24, 2.45) is 0 Å². The Kier molecular flexibility index (Phi) is 35.6. The zero-order valence-corrected chi connectivity index (χ0v) is 29.4. The lowest BCUT2D eigenvalue weighted by Gasteiger charge is -2.02. The number of unbranched alkanes of at least 4 members (excludes halogenated alkanes) is 6. The van der Waals surface area contributed by atoms with Gasteiger partial charge in [-0.15, -0.1) is 0 Å². The quantitative estimate of drug-likeness (QED) is 0.0275. The van der Waals surface area contributed by atoms with Crippen LogP contribution in [0.2, 0.25) is 0 Å². The molecule has 0 aromatic heterocycles. The minimum atomic E-state index is -0.842. The SMILES string of the molecule is CCCCCC=CC[C@@H](O)C=CC=CC=C[C@@H](O)CCCC(=O)O.CCCCCC=CC[C@@H](O)C=CC=CC=C[C@@H](O)CCCC(=O)O. The lowest BCUT2D eigenvalue weighted by atomic mass is 10.1. The predicted octanol–water partition coefficient (Wildman–Crippen LogP) is 8.32. The molecule has 0 heterocycles. The van der Waals surface area contributed by atoms with Crippen molar-refractivity contribution in [2.45, 2.75) is 141 Å². The normalized spacial score (nSPS) is 15.1. The maximum absolute atomic E-state index is 10.3. The number of hydrogen-bond acceptors (Lipinski definition) is 6. The smallest absolute Gasteiger partial charge is 0.303 e. The third kappa shape index (κ3) is 40.7. The Morgan fingerprint density at radius 2 is 0.792 bits per heavy atom. The van der Waals surface area contributed by atoms with Crippen molar-refractivity contribution in [1.29, 1.82) is 0 Å². The van der Waals surface area contributed by atoms with E-state index in [1.807, 2.05) is 12.2 Å². The van der Waals surface area contributed by atoms with Crippen LogP contribution in [-0.2, 0) is 9.59 Å². The molecule has 272 valence electrons. The molecule has 8 nitrogen and oxygen atoms in total. The molecule has 0 aliphatic rings. The van der Waals surface area contributed by atoms with Gasteiger partial charge < -0.3 is 30.6 Å². The third-order valence-electron chi connectivity index (χ3n) is 6.82. The fraction of sp³-hybridized carbons (Fsp3) is 0.550. The van der Waals surface area contributed by atoms with Gasteiger partial charge in [0.05, 0.1) is 24.4 Å². The van der Waals surface area contributed by atoms with Crippen molar-refractivity contribution in [3.63, 3.8) is 0 Å². The van der Waals surface area contributed by atoms with Gasteiger partial charge in [-0.05, 0) is 64.2 Å². The van der Waals surface area contributed by atoms with E-state index < -0.39 is 36.4 Å². The average molecular weight is 673 g/mol. The average Bonchev–Trinajstić information content (AvgIpc) is 3.03. The highest BCUT2D eigenvalue weighted by atomic mass is 16.4. The summed E-state index contributed by atoms with van der Waals surface area (Å²) in [5.74, 6) is -1.68. The molecule has 0 rings (SSSR count). The van der Waals surface area contributed by atoms with E-state index in [1.165, 1.54) is 38.5 Å². The van der Waals surface area contributed by atoms with Gasteiger partial charge in [0.2, 0.25) is 0 Å². The van der Waals surface area contributed by atoms with Gasteiger partial charge in [0, 0.05) is 12.8 Å². The number of allylic oxidation sites excluding steroid dienone is 10. The molecule has 8 heteroatoms. The fourth-order valence-electron chi connectivity index (χ4n) is 4.03. The topological polar surface area (TPSA) is 156 Å². The van der Waals surface area contributed by atoms with Crippen LogP contribution < -0.4 is 0 Å². The molecule has 0 aromatic carbocycles. The molecule has 4 atom stereocenters. The number of carboxylic acids is 2. The standard InChI is InChI=1S/2C20H32O4/c2*1-2-3-4-5-6-9-13-18(21)14-10-7-8-11-15-19(22)16-12-17-20(23)24/h2*6-11,14-15,18-19,21-22H,2-5,12-13,16-17H2,1H3,(H,23,24)/t2*18-,19-/m11/s1. The zero-order valence-electron chi connectivity index (χ0n) is 29.4. The van der Waals surface area contributed by atoms with E-state index in [9.17, 15) is 30.0 Å². The van der Waals surface area contributed by atoms with Gasteiger partial charge in [-0.3, -0.25) is 9.59 Å². The van der Waals surface area contributed by atoms with Crippen LogP contribution in [0.3, 0.4) is 0 Å². The molecule has 0 saturated carbocycles. The molecule has 0 fully saturated rings. The van der Waals surface area contributed by atoms with E-state index in [0.717, 1.165) is 12.8 Å². The van der Waals surface area contributed by atoms with Crippen molar-refractivity contribution in [1.82, 2.24) is 0 Å². The van der Waals surface area contributed by atoms with Gasteiger partial charge in [-0.25, -0.2) is 0 Å². The third-order valence-corrected chi connectivity index (χ3v) is 6.82. The highest BCUT2D eigenvalue weighted by molar-refractivity contribution is 5.66. The van der Waals surface area contributed by atoms with Gasteiger partial charge in [-0.1, -0.05) is 137 Å². The second kappa shape index (κ2) is 36.5. The van der Waals surface area contributed by atoms with Crippen molar-refractivity contribution < 1.29 is 40.2 Å². The number of rotatable bonds is 28. The summed E-state index contributed by atoms with van der Waals surface area (Å²) in [5.41, 5.74) is 0.